The van der Waals surface area contributed by atoms with Gasteiger partial charge in [0.1, 0.15) is 0 Å². The molecule has 0 aliphatic carbocycles. The molecule has 0 atom stereocenters. The summed E-state index contributed by atoms with van der Waals surface area (Å²) >= 11 is 0. The third-order valence-electron chi connectivity index (χ3n) is 3.10. The number of aryl methyl sites for hydroxylation is 2. The summed E-state index contributed by atoms with van der Waals surface area (Å²) in [6.45, 7) is 0. The van der Waals surface area contributed by atoms with Gasteiger partial charge in [0.15, 0.2) is 0 Å². The maximum Gasteiger partial charge on any atom is 0.0222 e. The summed E-state index contributed by atoms with van der Waals surface area (Å²) in [7, 11) is 4.75. The van der Waals surface area contributed by atoms with E-state index in [-0.39, 0.29) is 7.83 Å². The van der Waals surface area contributed by atoms with Crippen molar-refractivity contribution in [1.82, 2.24) is 0 Å². The summed E-state index contributed by atoms with van der Waals surface area (Å²) in [5.41, 5.74) is 2.94. The van der Waals surface area contributed by atoms with Crippen LogP contribution in [0.15, 0.2) is 60.7 Å². The van der Waals surface area contributed by atoms with Crippen molar-refractivity contribution < 1.29 is 0 Å². The fraction of sp³-hybridized carbons (Fsp3) is 0.250. The van der Waals surface area contributed by atoms with Crippen molar-refractivity contribution in [2.75, 3.05) is 0 Å². The third-order valence-corrected chi connectivity index (χ3v) is 9.90. The van der Waals surface area contributed by atoms with Crippen LogP contribution in [-0.2, 0) is 12.8 Å². The molecule has 0 amide bonds. The van der Waals surface area contributed by atoms with Crippen LogP contribution in [0.25, 0.3) is 0 Å². The van der Waals surface area contributed by atoms with Gasteiger partial charge >= 0.3 is 0 Å². The number of benzene rings is 2. The molecule has 0 aliphatic rings. The van der Waals surface area contributed by atoms with Crippen LogP contribution in [-0.4, -0.2) is 26.6 Å². The molecule has 0 aromatic heterocycles. The lowest BCUT2D eigenvalue weighted by Crippen LogP contribution is -2.23. The van der Waals surface area contributed by atoms with Crippen LogP contribution in [0.2, 0.25) is 12.1 Å². The molecule has 3 heteroatoms. The SMILES string of the molecule is [Si][Si](CCc1ccccc1)[Si]CCc1ccccc1. The third kappa shape index (κ3) is 5.72. The van der Waals surface area contributed by atoms with E-state index in [1.807, 2.05) is 0 Å². The van der Waals surface area contributed by atoms with Crippen molar-refractivity contribution in [3.63, 3.8) is 0 Å². The predicted molar refractivity (Wildman–Crippen MR) is 87.2 cm³/mol. The molecule has 6 radical (unpaired) electrons. The second-order valence-corrected chi connectivity index (χ2v) is 13.1. The Bertz CT molecular complexity index is 456. The topological polar surface area (TPSA) is 0 Å². The standard InChI is InChI=1S/C16H18Si3/c17-19(14-12-16-9-5-2-6-10-16)18-13-11-15-7-3-1-4-8-15/h1-10H,11-14H2. The van der Waals surface area contributed by atoms with Gasteiger partial charge in [-0.05, 0) is 24.0 Å². The van der Waals surface area contributed by atoms with Gasteiger partial charge in [0.25, 0.3) is 0 Å². The molecule has 0 heterocycles. The maximum absolute atomic E-state index is 3.98. The second-order valence-electron chi connectivity index (χ2n) is 4.63. The molecule has 94 valence electrons. The summed E-state index contributed by atoms with van der Waals surface area (Å²) in [5.74, 6) is 0. The molecule has 0 saturated carbocycles. The highest BCUT2D eigenvalue weighted by Crippen LogP contribution is 2.06. The van der Waals surface area contributed by atoms with Crippen LogP contribution < -0.4 is 0 Å². The van der Waals surface area contributed by atoms with E-state index < -0.39 is 0 Å². The molecule has 0 bridgehead atoms. The van der Waals surface area contributed by atoms with Crippen LogP contribution >= 0.6 is 0 Å². The van der Waals surface area contributed by atoms with Gasteiger partial charge in [0.05, 0.1) is 0 Å². The van der Waals surface area contributed by atoms with Gasteiger partial charge in [-0.2, -0.15) is 0 Å². The molecule has 0 N–H and O–H groups in total. The summed E-state index contributed by atoms with van der Waals surface area (Å²) < 4.78 is 0. The van der Waals surface area contributed by atoms with Crippen LogP contribution in [0.1, 0.15) is 11.1 Å². The molecule has 2 rings (SSSR count). The molecule has 0 unspecified atom stereocenters. The Labute approximate surface area is 123 Å². The maximum atomic E-state index is 3.98. The van der Waals surface area contributed by atoms with E-state index in [0.717, 1.165) is 9.04 Å². The van der Waals surface area contributed by atoms with Gasteiger partial charge in [-0.3, -0.25) is 0 Å². The van der Waals surface area contributed by atoms with Gasteiger partial charge in [-0.25, -0.2) is 0 Å². The largest absolute Gasteiger partial charge is 0.0622 e. The molecular weight excluding hydrogens is 276 g/mol. The summed E-state index contributed by atoms with van der Waals surface area (Å²) in [6.07, 6.45) is 2.44. The number of hydrogen-bond donors (Lipinski definition) is 0. The zero-order valence-corrected chi connectivity index (χ0v) is 14.1. The highest BCUT2D eigenvalue weighted by molar-refractivity contribution is 7.34. The van der Waals surface area contributed by atoms with Crippen LogP contribution in [0, 0.1) is 0 Å². The van der Waals surface area contributed by atoms with Gasteiger partial charge in [-0.15, -0.1) is 0 Å². The van der Waals surface area contributed by atoms with E-state index in [9.17, 15) is 0 Å². The first kappa shape index (κ1) is 14.5. The Morgan fingerprint density at radius 3 is 1.89 bits per heavy atom. The van der Waals surface area contributed by atoms with Crippen molar-refractivity contribution in [2.24, 2.45) is 0 Å². The summed E-state index contributed by atoms with van der Waals surface area (Å²) in [4.78, 5) is 0. The Balaban J connectivity index is 1.64. The minimum Gasteiger partial charge on any atom is -0.0622 e. The molecule has 2 aromatic rings. The van der Waals surface area contributed by atoms with Crippen molar-refractivity contribution >= 4 is 26.6 Å². The summed E-state index contributed by atoms with van der Waals surface area (Å²) in [6, 6.07) is 24.3. The molecule has 0 saturated heterocycles. The highest BCUT2D eigenvalue weighted by Gasteiger charge is 2.05. The van der Waals surface area contributed by atoms with Crippen LogP contribution in [0.5, 0.6) is 0 Å². The van der Waals surface area contributed by atoms with Crippen molar-refractivity contribution in [3.8, 4) is 0 Å². The zero-order chi connectivity index (χ0) is 13.3. The van der Waals surface area contributed by atoms with Gasteiger partial charge < -0.3 is 0 Å². The first-order chi connectivity index (χ1) is 9.34. The Morgan fingerprint density at radius 1 is 0.789 bits per heavy atom. The van der Waals surface area contributed by atoms with E-state index in [2.05, 4.69) is 70.4 Å². The number of hydrogen-bond acceptors (Lipinski definition) is 0. The smallest absolute Gasteiger partial charge is 0.0222 e. The van der Waals surface area contributed by atoms with E-state index >= 15 is 0 Å². The minimum atomic E-state index is -0.323. The Morgan fingerprint density at radius 2 is 1.32 bits per heavy atom. The molecule has 2 aromatic carbocycles. The van der Waals surface area contributed by atoms with Crippen LogP contribution in [0.4, 0.5) is 0 Å². The Kier molecular flexibility index (Phi) is 6.33. The molecule has 19 heavy (non-hydrogen) atoms. The van der Waals surface area contributed by atoms with Crippen molar-refractivity contribution in [3.05, 3.63) is 71.8 Å². The fourth-order valence-corrected chi connectivity index (χ4v) is 7.12. The lowest BCUT2D eigenvalue weighted by molar-refractivity contribution is 1.12. The first-order valence-corrected chi connectivity index (χ1v) is 12.1. The van der Waals surface area contributed by atoms with Crippen LogP contribution in [0.3, 0.4) is 0 Å². The van der Waals surface area contributed by atoms with Crippen molar-refractivity contribution in [2.45, 2.75) is 24.9 Å². The second kappa shape index (κ2) is 8.30. The van der Waals surface area contributed by atoms with E-state index in [4.69, 9.17) is 0 Å². The first-order valence-electron chi connectivity index (χ1n) is 6.74. The Hall–Kier alpha value is -0.909. The highest BCUT2D eigenvalue weighted by atomic mass is 29.5. The normalized spacial score (nSPS) is 10.8. The molecular formula is C16H18Si3. The zero-order valence-electron chi connectivity index (χ0n) is 11.1. The molecule has 0 spiro atoms. The molecule has 0 nitrogen and oxygen atoms in total. The summed E-state index contributed by atoms with van der Waals surface area (Å²) in [5, 5.41) is 0. The van der Waals surface area contributed by atoms with E-state index in [1.165, 1.54) is 36.1 Å². The predicted octanol–water partition coefficient (Wildman–Crippen LogP) is 3.25. The number of rotatable bonds is 7. The lowest BCUT2D eigenvalue weighted by atomic mass is 10.2. The molecule has 0 fully saturated rings. The van der Waals surface area contributed by atoms with Gasteiger partial charge in [0.2, 0.25) is 0 Å². The quantitative estimate of drug-likeness (QED) is 0.688. The van der Waals surface area contributed by atoms with Crippen molar-refractivity contribution in [1.29, 1.82) is 0 Å². The lowest BCUT2D eigenvalue weighted by Gasteiger charge is -2.08. The van der Waals surface area contributed by atoms with E-state index in [0.29, 0.717) is 0 Å². The average molecular weight is 295 g/mol. The minimum absolute atomic E-state index is 0.323. The fourth-order valence-electron chi connectivity index (χ4n) is 2.00. The van der Waals surface area contributed by atoms with Gasteiger partial charge in [-0.1, -0.05) is 72.8 Å². The van der Waals surface area contributed by atoms with E-state index in [1.54, 1.807) is 0 Å². The average Bonchev–Trinajstić information content (AvgIpc) is 2.47. The monoisotopic (exact) mass is 294 g/mol. The van der Waals surface area contributed by atoms with Gasteiger partial charge in [0, 0.05) is 26.6 Å². The molecule has 0 aliphatic heterocycles.